The van der Waals surface area contributed by atoms with Gasteiger partial charge in [-0.05, 0) is 25.7 Å². The largest absolute Gasteiger partial charge is 0.0991 e. The quantitative estimate of drug-likeness (QED) is 0.477. The minimum atomic E-state index is 0.910. The molecule has 8 heavy (non-hydrogen) atoms. The first kappa shape index (κ1) is 5.61. The van der Waals surface area contributed by atoms with Crippen LogP contribution in [-0.4, -0.2) is 0 Å². The number of rotatable bonds is 2. The van der Waals surface area contributed by atoms with Crippen LogP contribution < -0.4 is 0 Å². The standard InChI is InChI=1S/C8H12/c1-3-4-7(2)8-5-6-8/h3-4,8H,1,5-6H2,2H3/b7-4+. The van der Waals surface area contributed by atoms with E-state index in [1.165, 1.54) is 18.4 Å². The first-order valence-corrected chi connectivity index (χ1v) is 3.14. The lowest BCUT2D eigenvalue weighted by atomic mass is 10.2. The normalized spacial score (nSPS) is 20.9. The Balaban J connectivity index is 2.41. The summed E-state index contributed by atoms with van der Waals surface area (Å²) in [6, 6.07) is 0. The Hall–Kier alpha value is -0.520. The third-order valence-electron chi connectivity index (χ3n) is 1.60. The zero-order chi connectivity index (χ0) is 5.98. The van der Waals surface area contributed by atoms with Gasteiger partial charge in [-0.3, -0.25) is 0 Å². The van der Waals surface area contributed by atoms with Crippen molar-refractivity contribution in [3.63, 3.8) is 0 Å². The maximum atomic E-state index is 3.63. The van der Waals surface area contributed by atoms with Crippen LogP contribution in [0.4, 0.5) is 0 Å². The average Bonchev–Trinajstić information content (AvgIpc) is 2.45. The third kappa shape index (κ3) is 1.22. The molecule has 0 spiro atoms. The van der Waals surface area contributed by atoms with Gasteiger partial charge in [-0.25, -0.2) is 0 Å². The molecule has 0 aromatic carbocycles. The molecular weight excluding hydrogens is 96.1 g/mol. The van der Waals surface area contributed by atoms with Crippen LogP contribution in [0.1, 0.15) is 19.8 Å². The van der Waals surface area contributed by atoms with Crippen LogP contribution in [0.2, 0.25) is 0 Å². The van der Waals surface area contributed by atoms with Crippen molar-refractivity contribution in [1.29, 1.82) is 0 Å². The van der Waals surface area contributed by atoms with Crippen molar-refractivity contribution in [2.24, 2.45) is 5.92 Å². The lowest BCUT2D eigenvalue weighted by molar-refractivity contribution is 1.01. The molecule has 44 valence electrons. The van der Waals surface area contributed by atoms with Crippen molar-refractivity contribution in [3.8, 4) is 0 Å². The molecule has 1 aliphatic carbocycles. The average molecular weight is 108 g/mol. The van der Waals surface area contributed by atoms with E-state index >= 15 is 0 Å². The van der Waals surface area contributed by atoms with Crippen LogP contribution in [-0.2, 0) is 0 Å². The molecule has 0 aromatic rings. The van der Waals surface area contributed by atoms with E-state index in [1.54, 1.807) is 0 Å². The second-order valence-corrected chi connectivity index (χ2v) is 2.42. The third-order valence-corrected chi connectivity index (χ3v) is 1.60. The van der Waals surface area contributed by atoms with Gasteiger partial charge in [0.15, 0.2) is 0 Å². The van der Waals surface area contributed by atoms with E-state index in [0.29, 0.717) is 0 Å². The van der Waals surface area contributed by atoms with Crippen molar-refractivity contribution in [2.45, 2.75) is 19.8 Å². The van der Waals surface area contributed by atoms with Crippen LogP contribution in [0, 0.1) is 5.92 Å². The SMILES string of the molecule is C=C/C=C(\C)C1CC1. The first-order valence-electron chi connectivity index (χ1n) is 3.14. The molecular formula is C8H12. The van der Waals surface area contributed by atoms with E-state index in [9.17, 15) is 0 Å². The fourth-order valence-corrected chi connectivity index (χ4v) is 0.861. The van der Waals surface area contributed by atoms with Gasteiger partial charge >= 0.3 is 0 Å². The summed E-state index contributed by atoms with van der Waals surface area (Å²) in [4.78, 5) is 0. The Morgan fingerprint density at radius 2 is 2.25 bits per heavy atom. The van der Waals surface area contributed by atoms with E-state index in [-0.39, 0.29) is 0 Å². The molecule has 0 bridgehead atoms. The molecule has 1 fully saturated rings. The highest BCUT2D eigenvalue weighted by Crippen LogP contribution is 2.35. The summed E-state index contributed by atoms with van der Waals surface area (Å²) < 4.78 is 0. The summed E-state index contributed by atoms with van der Waals surface area (Å²) in [7, 11) is 0. The van der Waals surface area contributed by atoms with Gasteiger partial charge in [0, 0.05) is 0 Å². The summed E-state index contributed by atoms with van der Waals surface area (Å²) in [5.74, 6) is 0.910. The van der Waals surface area contributed by atoms with Crippen molar-refractivity contribution in [1.82, 2.24) is 0 Å². The Morgan fingerprint density at radius 3 is 2.62 bits per heavy atom. The Labute approximate surface area is 50.9 Å². The van der Waals surface area contributed by atoms with Gasteiger partial charge in [0.2, 0.25) is 0 Å². The predicted molar refractivity (Wildman–Crippen MR) is 36.7 cm³/mol. The summed E-state index contributed by atoms with van der Waals surface area (Å²) in [5.41, 5.74) is 1.50. The van der Waals surface area contributed by atoms with E-state index in [2.05, 4.69) is 19.6 Å². The molecule has 0 atom stereocenters. The minimum absolute atomic E-state index is 0.910. The van der Waals surface area contributed by atoms with Crippen molar-refractivity contribution in [2.75, 3.05) is 0 Å². The van der Waals surface area contributed by atoms with Crippen LogP contribution in [0.5, 0.6) is 0 Å². The monoisotopic (exact) mass is 108 g/mol. The van der Waals surface area contributed by atoms with Crippen LogP contribution in [0.3, 0.4) is 0 Å². The molecule has 1 rings (SSSR count). The molecule has 0 saturated heterocycles. The van der Waals surface area contributed by atoms with E-state index in [1.807, 2.05) is 6.08 Å². The molecule has 0 heterocycles. The highest BCUT2D eigenvalue weighted by atomic mass is 14.3. The maximum absolute atomic E-state index is 3.63. The number of hydrogen-bond acceptors (Lipinski definition) is 0. The van der Waals surface area contributed by atoms with Crippen LogP contribution >= 0.6 is 0 Å². The Kier molecular flexibility index (Phi) is 1.52. The molecule has 0 nitrogen and oxygen atoms in total. The molecule has 0 unspecified atom stereocenters. The van der Waals surface area contributed by atoms with Crippen molar-refractivity contribution >= 4 is 0 Å². The van der Waals surface area contributed by atoms with Gasteiger partial charge in [0.05, 0.1) is 0 Å². The molecule has 0 aromatic heterocycles. The van der Waals surface area contributed by atoms with Crippen molar-refractivity contribution in [3.05, 3.63) is 24.3 Å². The first-order chi connectivity index (χ1) is 3.84. The molecule has 1 aliphatic rings. The molecule has 0 aliphatic heterocycles. The summed E-state index contributed by atoms with van der Waals surface area (Å²) in [5, 5.41) is 0. The van der Waals surface area contributed by atoms with Gasteiger partial charge in [-0.2, -0.15) is 0 Å². The van der Waals surface area contributed by atoms with E-state index < -0.39 is 0 Å². The zero-order valence-corrected chi connectivity index (χ0v) is 5.35. The van der Waals surface area contributed by atoms with Gasteiger partial charge in [-0.1, -0.05) is 24.3 Å². The summed E-state index contributed by atoms with van der Waals surface area (Å²) >= 11 is 0. The minimum Gasteiger partial charge on any atom is -0.0991 e. The highest BCUT2D eigenvalue weighted by molar-refractivity contribution is 5.14. The summed E-state index contributed by atoms with van der Waals surface area (Å²) in [6.45, 7) is 5.81. The predicted octanol–water partition coefficient (Wildman–Crippen LogP) is 2.53. The lowest BCUT2D eigenvalue weighted by Gasteiger charge is -1.89. The topological polar surface area (TPSA) is 0 Å². The van der Waals surface area contributed by atoms with Crippen molar-refractivity contribution < 1.29 is 0 Å². The van der Waals surface area contributed by atoms with Gasteiger partial charge in [0.1, 0.15) is 0 Å². The highest BCUT2D eigenvalue weighted by Gasteiger charge is 2.21. The van der Waals surface area contributed by atoms with E-state index in [0.717, 1.165) is 5.92 Å². The zero-order valence-electron chi connectivity index (χ0n) is 5.35. The number of hydrogen-bond donors (Lipinski definition) is 0. The molecule has 0 amide bonds. The molecule has 0 heteroatoms. The molecule has 0 N–H and O–H groups in total. The second-order valence-electron chi connectivity index (χ2n) is 2.42. The number of allylic oxidation sites excluding steroid dienone is 3. The Morgan fingerprint density at radius 1 is 1.62 bits per heavy atom. The summed E-state index contributed by atoms with van der Waals surface area (Å²) in [6.07, 6.45) is 6.78. The van der Waals surface area contributed by atoms with E-state index in [4.69, 9.17) is 0 Å². The van der Waals surface area contributed by atoms with Gasteiger partial charge in [0.25, 0.3) is 0 Å². The fourth-order valence-electron chi connectivity index (χ4n) is 0.861. The van der Waals surface area contributed by atoms with Crippen LogP contribution in [0.25, 0.3) is 0 Å². The maximum Gasteiger partial charge on any atom is -0.0202 e. The lowest BCUT2D eigenvalue weighted by Crippen LogP contribution is -1.73. The fraction of sp³-hybridized carbons (Fsp3) is 0.500. The molecule has 1 saturated carbocycles. The molecule has 0 radical (unpaired) electrons. The van der Waals surface area contributed by atoms with Gasteiger partial charge < -0.3 is 0 Å². The Bertz CT molecular complexity index is 116. The van der Waals surface area contributed by atoms with Gasteiger partial charge in [-0.15, -0.1) is 0 Å². The van der Waals surface area contributed by atoms with Crippen LogP contribution in [0.15, 0.2) is 24.3 Å². The smallest absolute Gasteiger partial charge is 0.0202 e. The second kappa shape index (κ2) is 2.17.